The highest BCUT2D eigenvalue weighted by atomic mass is 32.2. The summed E-state index contributed by atoms with van der Waals surface area (Å²) in [5.74, 6) is -1.49. The molecule has 1 atom stereocenters. The average Bonchev–Trinajstić information content (AvgIpc) is 3.10. The van der Waals surface area contributed by atoms with Crippen LogP contribution in [0.5, 0.6) is 0 Å². The molecule has 1 amide bonds. The molecule has 3 rings (SSSR count). The first-order valence-corrected chi connectivity index (χ1v) is 10.4. The molecule has 7 nitrogen and oxygen atoms in total. The fourth-order valence-electron chi connectivity index (χ4n) is 3.30. The lowest BCUT2D eigenvalue weighted by atomic mass is 9.93. The molecular weight excluding hydrogens is 414 g/mol. The normalized spacial score (nSPS) is 12.5. The van der Waals surface area contributed by atoms with Crippen LogP contribution in [-0.2, 0) is 11.8 Å². The number of aliphatic hydroxyl groups excluding tert-OH is 1. The Morgan fingerprint density at radius 2 is 1.77 bits per heavy atom. The summed E-state index contributed by atoms with van der Waals surface area (Å²) in [6.07, 6.45) is 0.178. The number of carboxylic acid groups (broad SMARTS) is 1. The molecule has 1 aromatic heterocycles. The second kappa shape index (κ2) is 9.63. The predicted octanol–water partition coefficient (Wildman–Crippen LogP) is 3.50. The molecule has 0 saturated carbocycles. The molecule has 1 unspecified atom stereocenters. The predicted molar refractivity (Wildman–Crippen MR) is 119 cm³/mol. The molecule has 0 aliphatic rings. The Kier molecular flexibility index (Phi) is 6.94. The maximum atomic E-state index is 12.8. The Morgan fingerprint density at radius 3 is 2.39 bits per heavy atom. The number of nitrogens with one attached hydrogen (secondary N) is 1. The van der Waals surface area contributed by atoms with Gasteiger partial charge in [-0.15, -0.1) is 0 Å². The standard InChI is InChI=1S/C23H23N3O4S/c1-4-15(23(29)30)16-12-8-9-13-17(16)20(27)19-18(21(28)24-2)22(26(3)25-19)31-14-10-6-5-7-11-14/h4-13,20,27H,1-3H3,(H,24,28)(H,29,30)/b15-4+. The van der Waals surface area contributed by atoms with Gasteiger partial charge in [0.2, 0.25) is 0 Å². The first kappa shape index (κ1) is 22.3. The number of aliphatic carboxylic acids is 1. The van der Waals surface area contributed by atoms with E-state index in [0.717, 1.165) is 4.90 Å². The van der Waals surface area contributed by atoms with Crippen molar-refractivity contribution in [3.8, 4) is 0 Å². The van der Waals surface area contributed by atoms with Crippen LogP contribution in [0.2, 0.25) is 0 Å². The molecule has 160 valence electrons. The molecule has 0 fully saturated rings. The molecule has 2 aromatic carbocycles. The van der Waals surface area contributed by atoms with Crippen LogP contribution >= 0.6 is 11.8 Å². The number of aryl methyl sites for hydroxylation is 1. The number of carboxylic acids is 1. The van der Waals surface area contributed by atoms with Crippen molar-refractivity contribution in [3.63, 3.8) is 0 Å². The zero-order valence-corrected chi connectivity index (χ0v) is 18.2. The summed E-state index contributed by atoms with van der Waals surface area (Å²) in [7, 11) is 3.22. The van der Waals surface area contributed by atoms with Crippen LogP contribution in [0.4, 0.5) is 0 Å². The number of amides is 1. The van der Waals surface area contributed by atoms with E-state index in [0.29, 0.717) is 16.2 Å². The molecule has 0 spiro atoms. The third kappa shape index (κ3) is 4.55. The molecule has 0 radical (unpaired) electrons. The van der Waals surface area contributed by atoms with Crippen LogP contribution in [0.1, 0.15) is 40.2 Å². The summed E-state index contributed by atoms with van der Waals surface area (Å²) in [4.78, 5) is 25.4. The maximum absolute atomic E-state index is 12.8. The van der Waals surface area contributed by atoms with Crippen molar-refractivity contribution in [1.82, 2.24) is 15.1 Å². The smallest absolute Gasteiger partial charge is 0.335 e. The third-order valence-electron chi connectivity index (χ3n) is 4.76. The Labute approximate surface area is 184 Å². The molecule has 0 aliphatic carbocycles. The van der Waals surface area contributed by atoms with Crippen molar-refractivity contribution in [2.45, 2.75) is 22.9 Å². The van der Waals surface area contributed by atoms with Crippen molar-refractivity contribution in [2.75, 3.05) is 7.05 Å². The van der Waals surface area contributed by atoms with E-state index in [-0.39, 0.29) is 22.7 Å². The number of allylic oxidation sites excluding steroid dienone is 1. The summed E-state index contributed by atoms with van der Waals surface area (Å²) < 4.78 is 1.55. The second-order valence-corrected chi connectivity index (χ2v) is 7.74. The van der Waals surface area contributed by atoms with Crippen LogP contribution in [0.25, 0.3) is 5.57 Å². The van der Waals surface area contributed by atoms with E-state index in [4.69, 9.17) is 0 Å². The number of nitrogens with zero attached hydrogens (tertiary/aromatic N) is 2. The Bertz CT molecular complexity index is 1140. The van der Waals surface area contributed by atoms with E-state index < -0.39 is 12.1 Å². The highest BCUT2D eigenvalue weighted by Crippen LogP contribution is 2.37. The molecule has 31 heavy (non-hydrogen) atoms. The maximum Gasteiger partial charge on any atom is 0.335 e. The fourth-order valence-corrected chi connectivity index (χ4v) is 4.29. The lowest BCUT2D eigenvalue weighted by molar-refractivity contribution is -0.130. The fraction of sp³-hybridized carbons (Fsp3) is 0.174. The lowest BCUT2D eigenvalue weighted by Gasteiger charge is -2.16. The number of carbonyl (C=O) groups excluding carboxylic acids is 1. The highest BCUT2D eigenvalue weighted by Gasteiger charge is 2.30. The highest BCUT2D eigenvalue weighted by molar-refractivity contribution is 7.99. The average molecular weight is 438 g/mol. The van der Waals surface area contributed by atoms with E-state index in [1.54, 1.807) is 42.9 Å². The molecule has 8 heteroatoms. The van der Waals surface area contributed by atoms with Crippen molar-refractivity contribution in [1.29, 1.82) is 0 Å². The van der Waals surface area contributed by atoms with E-state index in [9.17, 15) is 19.8 Å². The van der Waals surface area contributed by atoms with Gasteiger partial charge in [0, 0.05) is 19.0 Å². The molecule has 0 saturated heterocycles. The number of aliphatic hydroxyl groups is 1. The minimum Gasteiger partial charge on any atom is -0.478 e. The van der Waals surface area contributed by atoms with Gasteiger partial charge in [-0.05, 0) is 30.2 Å². The summed E-state index contributed by atoms with van der Waals surface area (Å²) in [6.45, 7) is 1.62. The topological polar surface area (TPSA) is 104 Å². The van der Waals surface area contributed by atoms with E-state index >= 15 is 0 Å². The largest absolute Gasteiger partial charge is 0.478 e. The third-order valence-corrected chi connectivity index (χ3v) is 5.93. The molecule has 0 aliphatic heterocycles. The SMILES string of the molecule is C/C=C(/C(=O)O)c1ccccc1C(O)c1nn(C)c(Sc2ccccc2)c1C(=O)NC. The summed E-state index contributed by atoms with van der Waals surface area (Å²) >= 11 is 1.36. The van der Waals surface area contributed by atoms with E-state index in [1.807, 2.05) is 30.3 Å². The molecule has 3 aromatic rings. The quantitative estimate of drug-likeness (QED) is 0.489. The van der Waals surface area contributed by atoms with Gasteiger partial charge in [-0.3, -0.25) is 9.48 Å². The number of benzene rings is 2. The van der Waals surface area contributed by atoms with Crippen LogP contribution in [-0.4, -0.2) is 38.9 Å². The van der Waals surface area contributed by atoms with Crippen LogP contribution < -0.4 is 5.32 Å². The van der Waals surface area contributed by atoms with Gasteiger partial charge >= 0.3 is 5.97 Å². The van der Waals surface area contributed by atoms with Crippen molar-refractivity contribution >= 4 is 29.2 Å². The van der Waals surface area contributed by atoms with Gasteiger partial charge in [0.05, 0.1) is 11.1 Å². The monoisotopic (exact) mass is 437 g/mol. The van der Waals surface area contributed by atoms with Crippen molar-refractivity contribution in [2.24, 2.45) is 7.05 Å². The summed E-state index contributed by atoms with van der Waals surface area (Å²) in [6, 6.07) is 16.2. The minimum absolute atomic E-state index is 0.0611. The van der Waals surface area contributed by atoms with Crippen LogP contribution in [0.3, 0.4) is 0 Å². The molecule has 1 heterocycles. The molecular formula is C23H23N3O4S. The zero-order valence-electron chi connectivity index (χ0n) is 17.4. The Morgan fingerprint density at radius 1 is 1.13 bits per heavy atom. The van der Waals surface area contributed by atoms with Gasteiger partial charge in [-0.2, -0.15) is 5.10 Å². The number of rotatable bonds is 7. The number of aromatic nitrogens is 2. The number of hydrogen-bond acceptors (Lipinski definition) is 5. The van der Waals surface area contributed by atoms with Crippen LogP contribution in [0, 0.1) is 0 Å². The van der Waals surface area contributed by atoms with Gasteiger partial charge in [-0.25, -0.2) is 4.79 Å². The number of hydrogen-bond donors (Lipinski definition) is 3. The first-order chi connectivity index (χ1) is 14.9. The van der Waals surface area contributed by atoms with Gasteiger partial charge in [-0.1, -0.05) is 60.3 Å². The van der Waals surface area contributed by atoms with Crippen LogP contribution in [0.15, 0.2) is 70.6 Å². The molecule has 0 bridgehead atoms. The van der Waals surface area contributed by atoms with Gasteiger partial charge in [0.15, 0.2) is 0 Å². The van der Waals surface area contributed by atoms with Crippen molar-refractivity contribution in [3.05, 3.63) is 83.1 Å². The Hall–Kier alpha value is -3.36. The first-order valence-electron chi connectivity index (χ1n) is 9.57. The zero-order chi connectivity index (χ0) is 22.5. The van der Waals surface area contributed by atoms with Gasteiger partial charge in [0.25, 0.3) is 5.91 Å². The van der Waals surface area contributed by atoms with Crippen molar-refractivity contribution < 1.29 is 19.8 Å². The summed E-state index contributed by atoms with van der Waals surface area (Å²) in [5.41, 5.74) is 1.20. The van der Waals surface area contributed by atoms with Gasteiger partial charge in [0.1, 0.15) is 16.8 Å². The summed E-state index contributed by atoms with van der Waals surface area (Å²) in [5, 5.41) is 28.4. The molecule has 3 N–H and O–H groups in total. The minimum atomic E-state index is -1.30. The van der Waals surface area contributed by atoms with E-state index in [1.165, 1.54) is 24.9 Å². The Balaban J connectivity index is 2.15. The number of carbonyl (C=O) groups is 2. The van der Waals surface area contributed by atoms with E-state index in [2.05, 4.69) is 10.4 Å². The lowest BCUT2D eigenvalue weighted by Crippen LogP contribution is -2.21. The second-order valence-electron chi connectivity index (χ2n) is 6.68. The van der Waals surface area contributed by atoms with Gasteiger partial charge < -0.3 is 15.5 Å².